The van der Waals surface area contributed by atoms with Crippen LogP contribution in [0.2, 0.25) is 0 Å². The molecule has 0 radical (unpaired) electrons. The van der Waals surface area contributed by atoms with Crippen LogP contribution in [0.4, 0.5) is 4.39 Å². The number of hydrogen-bond acceptors (Lipinski definition) is 2. The molecule has 0 amide bonds. The molecule has 0 fully saturated rings. The summed E-state index contributed by atoms with van der Waals surface area (Å²) >= 11 is 0. The number of imidazole rings is 1. The Balaban J connectivity index is 2.38. The molecule has 3 rings (SSSR count). The monoisotopic (exact) mass is 227 g/mol. The molecule has 0 bridgehead atoms. The smallest absolute Gasteiger partial charge is 0.234 e. The Morgan fingerprint density at radius 3 is 2.82 bits per heavy atom. The van der Waals surface area contributed by atoms with Crippen molar-refractivity contribution in [3.63, 3.8) is 0 Å². The quantitative estimate of drug-likeness (QED) is 0.640. The van der Waals surface area contributed by atoms with E-state index in [1.54, 1.807) is 28.8 Å². The van der Waals surface area contributed by atoms with E-state index in [0.717, 1.165) is 11.4 Å². The van der Waals surface area contributed by atoms with Crippen molar-refractivity contribution in [2.45, 2.75) is 6.92 Å². The third-order valence-electron chi connectivity index (χ3n) is 2.71. The van der Waals surface area contributed by atoms with Gasteiger partial charge in [0.1, 0.15) is 5.82 Å². The molecular weight excluding hydrogens is 217 g/mol. The van der Waals surface area contributed by atoms with Gasteiger partial charge in [-0.1, -0.05) is 12.1 Å². The Kier molecular flexibility index (Phi) is 2.14. The lowest BCUT2D eigenvalue weighted by atomic mass is 10.1. The van der Waals surface area contributed by atoms with E-state index >= 15 is 0 Å². The fourth-order valence-corrected chi connectivity index (χ4v) is 1.98. The first-order chi connectivity index (χ1) is 8.27. The first-order valence-electron chi connectivity index (χ1n) is 5.32. The van der Waals surface area contributed by atoms with Gasteiger partial charge in [0, 0.05) is 18.0 Å². The second-order valence-electron chi connectivity index (χ2n) is 3.82. The number of hydrogen-bond donors (Lipinski definition) is 0. The van der Waals surface area contributed by atoms with E-state index in [0.29, 0.717) is 11.3 Å². The Morgan fingerprint density at radius 2 is 2.00 bits per heavy atom. The molecule has 84 valence electrons. The van der Waals surface area contributed by atoms with Crippen LogP contribution < -0.4 is 0 Å². The number of benzene rings is 1. The number of aryl methyl sites for hydroxylation is 1. The summed E-state index contributed by atoms with van der Waals surface area (Å²) in [5.74, 6) is 0.338. The number of halogens is 1. The van der Waals surface area contributed by atoms with Gasteiger partial charge in [0.25, 0.3) is 0 Å². The van der Waals surface area contributed by atoms with Crippen molar-refractivity contribution in [3.05, 3.63) is 54.2 Å². The van der Waals surface area contributed by atoms with Crippen LogP contribution in [0.3, 0.4) is 0 Å². The Bertz CT molecular complexity index is 688. The normalized spacial score (nSPS) is 10.9. The average Bonchev–Trinajstić information content (AvgIpc) is 2.66. The predicted octanol–water partition coefficient (Wildman–Crippen LogP) is 2.84. The lowest BCUT2D eigenvalue weighted by Gasteiger charge is -2.03. The number of rotatable bonds is 1. The summed E-state index contributed by atoms with van der Waals surface area (Å²) in [6, 6.07) is 8.49. The summed E-state index contributed by atoms with van der Waals surface area (Å²) in [5.41, 5.74) is 2.07. The summed E-state index contributed by atoms with van der Waals surface area (Å²) < 4.78 is 15.6. The fourth-order valence-electron chi connectivity index (χ4n) is 1.98. The third kappa shape index (κ3) is 1.49. The van der Waals surface area contributed by atoms with Gasteiger partial charge in [-0.2, -0.15) is 0 Å². The molecule has 2 aromatic heterocycles. The van der Waals surface area contributed by atoms with Gasteiger partial charge in [0.15, 0.2) is 0 Å². The largest absolute Gasteiger partial charge is 0.283 e. The van der Waals surface area contributed by atoms with Crippen molar-refractivity contribution in [2.24, 2.45) is 0 Å². The maximum Gasteiger partial charge on any atom is 0.234 e. The second kappa shape index (κ2) is 3.66. The van der Waals surface area contributed by atoms with Crippen molar-refractivity contribution in [1.82, 2.24) is 14.4 Å². The van der Waals surface area contributed by atoms with Crippen LogP contribution in [0, 0.1) is 12.7 Å². The van der Waals surface area contributed by atoms with Crippen LogP contribution in [0.15, 0.2) is 42.7 Å². The minimum Gasteiger partial charge on any atom is -0.283 e. The summed E-state index contributed by atoms with van der Waals surface area (Å²) in [5, 5.41) is 0. The SMILES string of the molecule is Cc1nc2ncccn2c1-c1ccccc1F. The standard InChI is InChI=1S/C13H10FN3/c1-9-12(10-5-2-3-6-11(10)14)17-8-4-7-15-13(17)16-9/h2-8H,1H3. The highest BCUT2D eigenvalue weighted by atomic mass is 19.1. The highest BCUT2D eigenvalue weighted by Gasteiger charge is 2.13. The Labute approximate surface area is 97.6 Å². The Hall–Kier alpha value is -2.23. The maximum absolute atomic E-state index is 13.8. The van der Waals surface area contributed by atoms with Gasteiger partial charge in [0.05, 0.1) is 11.4 Å². The molecule has 0 aliphatic rings. The second-order valence-corrected chi connectivity index (χ2v) is 3.82. The molecule has 0 saturated heterocycles. The first-order valence-corrected chi connectivity index (χ1v) is 5.32. The number of nitrogens with zero attached hydrogens (tertiary/aromatic N) is 3. The minimum atomic E-state index is -0.249. The zero-order valence-electron chi connectivity index (χ0n) is 9.26. The van der Waals surface area contributed by atoms with Crippen molar-refractivity contribution in [2.75, 3.05) is 0 Å². The molecule has 0 spiro atoms. The van der Waals surface area contributed by atoms with Crippen LogP contribution in [-0.4, -0.2) is 14.4 Å². The van der Waals surface area contributed by atoms with Crippen molar-refractivity contribution in [1.29, 1.82) is 0 Å². The zero-order valence-corrected chi connectivity index (χ0v) is 9.26. The molecule has 0 N–H and O–H groups in total. The van der Waals surface area contributed by atoms with Crippen LogP contribution in [-0.2, 0) is 0 Å². The van der Waals surface area contributed by atoms with Crippen LogP contribution in [0.1, 0.15) is 5.69 Å². The van der Waals surface area contributed by atoms with Gasteiger partial charge in [-0.15, -0.1) is 0 Å². The van der Waals surface area contributed by atoms with E-state index in [4.69, 9.17) is 0 Å². The minimum absolute atomic E-state index is 0.249. The molecule has 0 unspecified atom stereocenters. The maximum atomic E-state index is 13.8. The summed E-state index contributed by atoms with van der Waals surface area (Å²) in [6.07, 6.45) is 3.51. The van der Waals surface area contributed by atoms with Crippen molar-refractivity contribution in [3.8, 4) is 11.3 Å². The first kappa shape index (κ1) is 9.96. The van der Waals surface area contributed by atoms with E-state index in [-0.39, 0.29) is 5.82 Å². The van der Waals surface area contributed by atoms with E-state index in [1.165, 1.54) is 6.07 Å². The number of fused-ring (bicyclic) bond motifs is 1. The zero-order chi connectivity index (χ0) is 11.8. The molecule has 3 nitrogen and oxygen atoms in total. The van der Waals surface area contributed by atoms with Gasteiger partial charge in [-0.3, -0.25) is 4.40 Å². The molecule has 1 aromatic carbocycles. The molecule has 3 aromatic rings. The van der Waals surface area contributed by atoms with Crippen LogP contribution in [0.5, 0.6) is 0 Å². The van der Waals surface area contributed by atoms with Gasteiger partial charge in [-0.05, 0) is 25.1 Å². The molecule has 17 heavy (non-hydrogen) atoms. The summed E-state index contributed by atoms with van der Waals surface area (Å²) in [7, 11) is 0. The molecule has 0 saturated carbocycles. The fraction of sp³-hybridized carbons (Fsp3) is 0.0769. The Morgan fingerprint density at radius 1 is 1.18 bits per heavy atom. The van der Waals surface area contributed by atoms with E-state index in [1.807, 2.05) is 19.2 Å². The lowest BCUT2D eigenvalue weighted by Crippen LogP contribution is -1.92. The van der Waals surface area contributed by atoms with Gasteiger partial charge < -0.3 is 0 Å². The van der Waals surface area contributed by atoms with Crippen molar-refractivity contribution < 1.29 is 4.39 Å². The van der Waals surface area contributed by atoms with Crippen LogP contribution in [0.25, 0.3) is 17.0 Å². The molecule has 0 aliphatic heterocycles. The van der Waals surface area contributed by atoms with Crippen molar-refractivity contribution >= 4 is 5.78 Å². The van der Waals surface area contributed by atoms with E-state index in [2.05, 4.69) is 9.97 Å². The topological polar surface area (TPSA) is 30.2 Å². The van der Waals surface area contributed by atoms with Gasteiger partial charge in [-0.25, -0.2) is 14.4 Å². The predicted molar refractivity (Wildman–Crippen MR) is 63.1 cm³/mol. The molecular formula is C13H10FN3. The third-order valence-corrected chi connectivity index (χ3v) is 2.71. The number of aromatic nitrogens is 3. The van der Waals surface area contributed by atoms with E-state index < -0.39 is 0 Å². The molecule has 0 aliphatic carbocycles. The van der Waals surface area contributed by atoms with Crippen LogP contribution >= 0.6 is 0 Å². The van der Waals surface area contributed by atoms with E-state index in [9.17, 15) is 4.39 Å². The average molecular weight is 227 g/mol. The summed E-state index contributed by atoms with van der Waals surface area (Å²) in [4.78, 5) is 8.46. The van der Waals surface area contributed by atoms with Gasteiger partial charge >= 0.3 is 0 Å². The lowest BCUT2D eigenvalue weighted by molar-refractivity contribution is 0.630. The van der Waals surface area contributed by atoms with Gasteiger partial charge in [0.2, 0.25) is 5.78 Å². The molecule has 2 heterocycles. The summed E-state index contributed by atoms with van der Waals surface area (Å²) in [6.45, 7) is 1.86. The highest BCUT2D eigenvalue weighted by molar-refractivity contribution is 5.66. The molecule has 4 heteroatoms. The molecule has 0 atom stereocenters. The highest BCUT2D eigenvalue weighted by Crippen LogP contribution is 2.26.